The van der Waals surface area contributed by atoms with Crippen LogP contribution >= 0.6 is 75.3 Å². The van der Waals surface area contributed by atoms with Crippen molar-refractivity contribution in [3.05, 3.63) is 265 Å². The number of nitrogens with zero attached hydrogens (tertiary/aromatic N) is 8. The summed E-state index contributed by atoms with van der Waals surface area (Å²) < 4.78 is 5.93. The van der Waals surface area contributed by atoms with Gasteiger partial charge in [0.1, 0.15) is 17.0 Å². The van der Waals surface area contributed by atoms with Gasteiger partial charge in [0.15, 0.2) is 22.7 Å². The summed E-state index contributed by atoms with van der Waals surface area (Å²) in [5, 5.41) is 27.5. The molecule has 16 nitrogen and oxygen atoms in total. The van der Waals surface area contributed by atoms with Gasteiger partial charge in [0.2, 0.25) is 0 Å². The van der Waals surface area contributed by atoms with Crippen molar-refractivity contribution in [3.63, 3.8) is 0 Å². The lowest BCUT2D eigenvalue weighted by Gasteiger charge is -2.09. The average molecular weight is 1300 g/mol. The molecule has 0 spiro atoms. The number of aromatic nitrogens is 2. The first-order valence-electron chi connectivity index (χ1n) is 20.9. The third kappa shape index (κ3) is 19.9. The van der Waals surface area contributed by atoms with Crippen molar-refractivity contribution < 1.29 is 11.3 Å². The molecule has 0 unspecified atom stereocenters. The number of anilines is 6. The van der Waals surface area contributed by atoms with E-state index in [0.717, 1.165) is 63.4 Å². The van der Waals surface area contributed by atoms with E-state index in [4.69, 9.17) is 49.4 Å². The van der Waals surface area contributed by atoms with Crippen LogP contribution in [0.5, 0.6) is 0 Å². The number of rotatable bonds is 7. The fourth-order valence-electron chi connectivity index (χ4n) is 6.14. The van der Waals surface area contributed by atoms with Crippen LogP contribution in [0, 0.1) is 46.5 Å². The molecule has 9 rings (SSSR count). The van der Waals surface area contributed by atoms with E-state index in [1.54, 1.807) is 36.7 Å². The first kappa shape index (κ1) is 64.6. The molecule has 387 valence electrons. The van der Waals surface area contributed by atoms with Crippen LogP contribution in [0.1, 0.15) is 16.3 Å². The van der Waals surface area contributed by atoms with Gasteiger partial charge < -0.3 is 22.1 Å². The van der Waals surface area contributed by atoms with Crippen LogP contribution in [0.25, 0.3) is 36.1 Å². The maximum atomic E-state index is 11.0. The Morgan fingerprint density at radius 2 is 0.987 bits per heavy atom. The lowest BCUT2D eigenvalue weighted by Crippen LogP contribution is -1.96. The summed E-state index contributed by atoms with van der Waals surface area (Å²) in [5.41, 5.74) is 19.6. The van der Waals surface area contributed by atoms with Crippen molar-refractivity contribution in [2.24, 2.45) is 0 Å². The molecule has 0 aliphatic rings. The summed E-state index contributed by atoms with van der Waals surface area (Å²) in [6.45, 7) is 27.4. The quantitative estimate of drug-likeness (QED) is 0.0394. The molecular weight excluding hydrogens is 1260 g/mol. The summed E-state index contributed by atoms with van der Waals surface area (Å²) >= 11 is 19.0. The average Bonchev–Trinajstić information content (AvgIpc) is 3.81. The third-order valence-corrected chi connectivity index (χ3v) is 11.8. The lowest BCUT2D eigenvalue weighted by atomic mass is 10.2. The van der Waals surface area contributed by atoms with Gasteiger partial charge >= 0.3 is 0 Å². The Morgan fingerprint density at radius 3 is 1.47 bits per heavy atom. The number of nitrogen functional groups attached to an aromatic ring is 2. The van der Waals surface area contributed by atoms with E-state index < -0.39 is 9.85 Å². The fourth-order valence-corrected chi connectivity index (χ4v) is 7.93. The number of nitro benzene ring substituents is 2. The zero-order chi connectivity index (χ0) is 53.7. The second kappa shape index (κ2) is 32.0. The molecule has 77 heavy (non-hydrogen) atoms. The molecule has 0 aliphatic heterocycles. The van der Waals surface area contributed by atoms with Gasteiger partial charge in [-0.25, -0.2) is 24.4 Å². The molecule has 0 saturated carbocycles. The van der Waals surface area contributed by atoms with Crippen LogP contribution in [0.4, 0.5) is 68.2 Å². The SMILES string of the molecule is C.C.Nc1cccc(Br)c1.[2HH].[B].[C-]#[N+]c1ccc(Cl)c([N+](=O)[O-])c1.[C-]#[N+]c1ccc(Nc2cccc(Br)c2)c(N)c1.[C-]#[N+]c1ccc(Nc2cccc(Br)c2)c([N+](=O)[O-])c1.[C-]#[N+]c1ccc2c(c1)ncn2-c1cccc(Br)c1. The number of imidazole rings is 1. The van der Waals surface area contributed by atoms with Crippen LogP contribution in [0.2, 0.25) is 5.02 Å². The lowest BCUT2D eigenvalue weighted by molar-refractivity contribution is -0.384. The molecule has 1 aromatic heterocycles. The highest BCUT2D eigenvalue weighted by Gasteiger charge is 2.15. The number of benzene rings is 8. The number of halogens is 5. The van der Waals surface area contributed by atoms with Gasteiger partial charge in [-0.2, -0.15) is 0 Å². The molecule has 0 amide bonds. The zero-order valence-electron chi connectivity index (χ0n) is 38.6. The van der Waals surface area contributed by atoms with Crippen molar-refractivity contribution >= 4 is 163 Å². The van der Waals surface area contributed by atoms with Gasteiger partial charge in [0.25, 0.3) is 11.4 Å². The maximum Gasteiger partial charge on any atom is 0.282 e. The molecule has 0 bridgehead atoms. The molecule has 6 N–H and O–H groups in total. The Kier molecular flexibility index (Phi) is 26.9. The maximum absolute atomic E-state index is 11.0. The van der Waals surface area contributed by atoms with Crippen LogP contribution in [0.15, 0.2) is 194 Å². The van der Waals surface area contributed by atoms with E-state index in [1.165, 1.54) is 24.3 Å². The van der Waals surface area contributed by atoms with Crippen LogP contribution < -0.4 is 22.1 Å². The largest absolute Gasteiger partial charge is 0.399 e. The molecule has 9 aromatic rings. The Hall–Kier alpha value is -8.54. The van der Waals surface area contributed by atoms with Crippen molar-refractivity contribution in [3.8, 4) is 5.69 Å². The molecule has 1 heterocycles. The standard InChI is InChI=1S/C14H8BrN3.C13H8BrN3O2.C13H10BrN3.C7H3ClN2O2.C6H6BrN.2CH4.B.H2/c1-16-11-5-6-14-13(8-11)17-9-18(14)12-4-2-3-10(15)7-12;1-15-10-5-6-12(13(8-10)17(18)19)16-11-4-2-3-9(14)7-11;1-16-10-5-6-13(12(15)8-10)17-11-4-2-3-9(14)7-11;1-9-5-2-3-6(8)7(4-5)10(11)12;7-5-2-1-3-6(8)4-5;;;;/h2-9H;2-8,16H;2-8,17H,15H2;2-4H;1-4H,8H2;2*1H4;;1H/i;;;;;;;;1+1. The number of nitro groups is 2. The second-order valence-electron chi connectivity index (χ2n) is 14.7. The minimum absolute atomic E-state index is 0. The van der Waals surface area contributed by atoms with Crippen LogP contribution in [0.3, 0.4) is 0 Å². The van der Waals surface area contributed by atoms with Crippen molar-refractivity contribution in [1.29, 1.82) is 0 Å². The molecule has 8 aromatic carbocycles. The van der Waals surface area contributed by atoms with Gasteiger partial charge in [0.05, 0.1) is 52.9 Å². The van der Waals surface area contributed by atoms with Gasteiger partial charge in [-0.05, 0) is 109 Å². The monoisotopic (exact) mass is 1300 g/mol. The van der Waals surface area contributed by atoms with Crippen molar-refractivity contribution in [1.82, 2.24) is 9.55 Å². The number of hydrogen-bond donors (Lipinski definition) is 4. The van der Waals surface area contributed by atoms with E-state index in [9.17, 15) is 20.2 Å². The molecule has 3 radical (unpaired) electrons. The number of fused-ring (bicyclic) bond motifs is 1. The molecule has 0 saturated heterocycles. The van der Waals surface area contributed by atoms with E-state index in [0.29, 0.717) is 22.7 Å². The third-order valence-electron chi connectivity index (χ3n) is 9.53. The predicted molar refractivity (Wildman–Crippen MR) is 331 cm³/mol. The van der Waals surface area contributed by atoms with Gasteiger partial charge in [-0.1, -0.05) is 139 Å². The summed E-state index contributed by atoms with van der Waals surface area (Å²) in [6.07, 6.45) is 1.78. The molecular formula is C55H45BBr4ClN12O4. The Bertz CT molecular complexity index is 3660. The predicted octanol–water partition coefficient (Wildman–Crippen LogP) is 19.3. The zero-order valence-corrected chi connectivity index (χ0v) is 45.7. The topological polar surface area (TPSA) is 198 Å². The highest BCUT2D eigenvalue weighted by molar-refractivity contribution is 9.11. The number of nitrogens with two attached hydrogens (primary N) is 2. The Labute approximate surface area is 487 Å². The van der Waals surface area contributed by atoms with Crippen molar-refractivity contribution in [2.45, 2.75) is 14.9 Å². The van der Waals surface area contributed by atoms with Crippen LogP contribution in [-0.2, 0) is 0 Å². The number of nitrogens with one attached hydrogen (secondary N) is 2. The minimum Gasteiger partial charge on any atom is -0.399 e. The summed E-state index contributed by atoms with van der Waals surface area (Å²) in [5.74, 6) is 0. The number of hydrogen-bond acceptors (Lipinski definition) is 9. The Morgan fingerprint density at radius 1 is 0.545 bits per heavy atom. The van der Waals surface area contributed by atoms with E-state index >= 15 is 0 Å². The molecule has 0 atom stereocenters. The van der Waals surface area contributed by atoms with E-state index in [-0.39, 0.29) is 52.5 Å². The Balaban J connectivity index is 0.000000493. The van der Waals surface area contributed by atoms with E-state index in [2.05, 4.69) is 98.7 Å². The van der Waals surface area contributed by atoms with Crippen molar-refractivity contribution in [2.75, 3.05) is 22.1 Å². The highest BCUT2D eigenvalue weighted by atomic mass is 79.9. The minimum atomic E-state index is -0.614. The van der Waals surface area contributed by atoms with E-state index in [1.807, 2.05) is 114 Å². The fraction of sp³-hybridized carbons (Fsp3) is 0.0364. The second-order valence-corrected chi connectivity index (χ2v) is 18.7. The van der Waals surface area contributed by atoms with Crippen LogP contribution in [-0.4, -0.2) is 27.8 Å². The highest BCUT2D eigenvalue weighted by Crippen LogP contribution is 2.33. The van der Waals surface area contributed by atoms with Gasteiger partial charge in [-0.3, -0.25) is 24.8 Å². The first-order valence-corrected chi connectivity index (χ1v) is 24.5. The van der Waals surface area contributed by atoms with Gasteiger partial charge in [-0.15, -0.1) is 0 Å². The smallest absolute Gasteiger partial charge is 0.282 e. The summed E-state index contributed by atoms with van der Waals surface area (Å²) in [6, 6.07) is 49.7. The van der Waals surface area contributed by atoms with Gasteiger partial charge in [0, 0.05) is 68.3 Å². The first-order chi connectivity index (χ1) is 35.5. The molecule has 22 heteroatoms. The molecule has 0 fully saturated rings. The molecule has 0 aliphatic carbocycles. The summed E-state index contributed by atoms with van der Waals surface area (Å²) in [4.78, 5) is 37.5. The normalized spacial score (nSPS) is 9.31. The summed E-state index contributed by atoms with van der Waals surface area (Å²) in [7, 11) is 0.